The lowest BCUT2D eigenvalue weighted by atomic mass is 9.53. The van der Waals surface area contributed by atoms with Gasteiger partial charge in [0.25, 0.3) is 0 Å². The van der Waals surface area contributed by atoms with Crippen molar-refractivity contribution in [3.63, 3.8) is 0 Å². The summed E-state index contributed by atoms with van der Waals surface area (Å²) in [7, 11) is 0. The molecule has 8 spiro atoms. The first kappa shape index (κ1) is 75.8. The van der Waals surface area contributed by atoms with Gasteiger partial charge in [-0.15, -0.1) is 0 Å². The Labute approximate surface area is 659 Å². The van der Waals surface area contributed by atoms with Crippen molar-refractivity contribution in [2.24, 2.45) is 101 Å². The molecule has 0 amide bonds. The van der Waals surface area contributed by atoms with Crippen molar-refractivity contribution in [2.45, 2.75) is 322 Å². The Kier molecular flexibility index (Phi) is 20.0. The molecule has 608 valence electrons. The maximum atomic E-state index is 11.9. The van der Waals surface area contributed by atoms with Gasteiger partial charge in [0.15, 0.2) is 0 Å². The number of esters is 2. The molecule has 2 N–H and O–H groups in total. The second kappa shape index (κ2) is 29.5. The normalized spacial score (nSPS) is 46.5. The summed E-state index contributed by atoms with van der Waals surface area (Å²) in [5.41, 5.74) is 5.80. The van der Waals surface area contributed by atoms with Crippen molar-refractivity contribution in [2.75, 3.05) is 13.2 Å². The van der Waals surface area contributed by atoms with Crippen molar-refractivity contribution in [3.8, 4) is 0 Å². The van der Waals surface area contributed by atoms with Crippen LogP contribution in [0.25, 0.3) is 0 Å². The van der Waals surface area contributed by atoms with E-state index in [1.54, 1.807) is 12.1 Å². The monoisotopic (exact) mass is 1540 g/mol. The van der Waals surface area contributed by atoms with E-state index in [9.17, 15) is 19.2 Å². The Morgan fingerprint density at radius 3 is 0.875 bits per heavy atom. The second-order valence-corrected chi connectivity index (χ2v) is 39.7. The molecule has 24 fully saturated rings. The molecule has 4 saturated heterocycles. The average Bonchev–Trinajstić information content (AvgIpc) is 1.49. The molecule has 0 aromatic heterocycles. The molecule has 4 heterocycles. The topological polar surface area (TPSA) is 238 Å². The fourth-order valence-corrected chi connectivity index (χ4v) is 28.2. The van der Waals surface area contributed by atoms with E-state index in [2.05, 4.69) is 36.4 Å². The van der Waals surface area contributed by atoms with E-state index in [0.29, 0.717) is 95.9 Å². The number of rotatable bonds is 11. The van der Waals surface area contributed by atoms with Gasteiger partial charge < -0.3 is 38.6 Å². The van der Waals surface area contributed by atoms with Crippen molar-refractivity contribution in [1.82, 2.24) is 0 Å². The van der Waals surface area contributed by atoms with Crippen molar-refractivity contribution in [3.05, 3.63) is 106 Å². The van der Waals surface area contributed by atoms with E-state index in [1.165, 1.54) is 145 Å². The highest BCUT2D eigenvalue weighted by Crippen LogP contribution is 2.69. The number of benzene rings is 3. The molecule has 20 aliphatic carbocycles. The molecule has 16 bridgehead atoms. The molecule has 3 aromatic carbocycles. The van der Waals surface area contributed by atoms with Crippen molar-refractivity contribution >= 4 is 23.9 Å². The summed E-state index contributed by atoms with van der Waals surface area (Å²) < 4.78 is 37.2. The second-order valence-electron chi connectivity index (χ2n) is 39.7. The maximum Gasteiger partial charge on any atom is 0.338 e. The van der Waals surface area contributed by atoms with Gasteiger partial charge in [0.2, 0.25) is 46.3 Å². The molecule has 20 nitrogen and oxygen atoms in total. The van der Waals surface area contributed by atoms with Gasteiger partial charge in [-0.05, 0) is 311 Å². The highest BCUT2D eigenvalue weighted by molar-refractivity contribution is 5.89. The number of hydrogen-bond donors (Lipinski definition) is 2. The summed E-state index contributed by atoms with van der Waals surface area (Å²) in [6, 6.07) is 23.7. The van der Waals surface area contributed by atoms with Crippen molar-refractivity contribution in [1.29, 1.82) is 0 Å². The van der Waals surface area contributed by atoms with E-state index in [0.717, 1.165) is 156 Å². The van der Waals surface area contributed by atoms with Crippen LogP contribution in [0, 0.1) is 101 Å². The van der Waals surface area contributed by atoms with Gasteiger partial charge in [0.05, 0.1) is 30.8 Å². The summed E-state index contributed by atoms with van der Waals surface area (Å²) in [5.74, 6) is 6.57. The Balaban J connectivity index is 0.0000000978. The summed E-state index contributed by atoms with van der Waals surface area (Å²) in [5, 5.41) is 18.1. The molecular formula is C92H120O20. The van der Waals surface area contributed by atoms with Crippen LogP contribution in [0.1, 0.15) is 312 Å². The Hall–Kier alpha value is -4.94. The van der Waals surface area contributed by atoms with Crippen LogP contribution < -0.4 is 0 Å². The lowest BCUT2D eigenvalue weighted by Crippen LogP contribution is -2.59. The zero-order valence-electron chi connectivity index (χ0n) is 66.0. The number of hydrogen-bond acceptors (Lipinski definition) is 18. The van der Waals surface area contributed by atoms with Gasteiger partial charge in [-0.2, -0.15) is 39.1 Å². The van der Waals surface area contributed by atoms with E-state index >= 15 is 0 Å². The predicted molar refractivity (Wildman–Crippen MR) is 403 cm³/mol. The molecule has 24 aliphatic rings. The fourth-order valence-electron chi connectivity index (χ4n) is 28.2. The molecule has 4 aliphatic heterocycles. The number of aromatic carboxylic acids is 1. The van der Waals surface area contributed by atoms with E-state index in [1.807, 2.05) is 38.1 Å². The minimum absolute atomic E-state index is 0.163. The molecular weight excluding hydrogens is 1420 g/mol. The van der Waals surface area contributed by atoms with Gasteiger partial charge in [0.1, 0.15) is 0 Å². The third kappa shape index (κ3) is 13.8. The molecule has 112 heavy (non-hydrogen) atoms. The fraction of sp³-hybridized carbons (Fsp3) is 0.761. The lowest BCUT2D eigenvalue weighted by molar-refractivity contribution is -0.390. The molecule has 3 aromatic rings. The van der Waals surface area contributed by atoms with Crippen LogP contribution in [-0.4, -0.2) is 93.6 Å². The van der Waals surface area contributed by atoms with Gasteiger partial charge in [-0.3, -0.25) is 9.59 Å². The molecule has 20 heteroatoms. The van der Waals surface area contributed by atoms with Crippen LogP contribution in [0.5, 0.6) is 0 Å². The molecule has 27 rings (SSSR count). The molecule has 0 radical (unpaired) electrons. The maximum absolute atomic E-state index is 11.9. The minimum Gasteiger partial charge on any atom is -0.481 e. The van der Waals surface area contributed by atoms with Gasteiger partial charge in [-0.25, -0.2) is 9.59 Å². The zero-order chi connectivity index (χ0) is 76.0. The highest BCUT2D eigenvalue weighted by atomic mass is 17.3. The van der Waals surface area contributed by atoms with Crippen LogP contribution >= 0.6 is 0 Å². The SMILES string of the molecule is CCOC(=O)Cc1ccc(C2CCC3(CC2)OOC2(O3)C3CC4CC(C3)CC2C4)cc1.CCOC(=O)c1ccc(C2CCC3(CC2)OOC2(O3)C3CC4CC(C3)CC2C4)cc1.O=C(O)CC1CCC2(CC1)OOC1(O2)C2CC3CC(C2)CC1C3.O=C(O)c1ccc(C2CCC3(CC2)OOC2(O3)C3CC4CC(C3)CC2C4)cc1. The first-order valence-electron chi connectivity index (χ1n) is 44.6. The van der Waals surface area contributed by atoms with E-state index < -0.39 is 58.2 Å². The number of carbonyl (C=O) groups excluding carboxylic acids is 2. The standard InChI is InChI=1S/C26H34O5.C25H32O5.C23H28O5.C18H26O5/c1-2-28-24(27)16-17-3-5-20(6-4-17)21-7-9-25(10-8-21)29-26(31-30-25)22-12-18-11-19(14-22)15-23(26)13-18;1-2-27-23(26)20-5-3-18(4-6-20)19-7-9-24(10-8-19)28-25(30-29-24)21-12-16-11-17(14-21)15-22(25)13-16;24-21(25)18-3-1-16(2-4-18)17-5-7-22(8-6-17)26-23(28-27-22)19-10-14-9-15(12-19)13-20(23)11-14;19-16(20)10-11-1-3-17(4-2-11)21-18(23-22-17)14-6-12-5-13(8-14)9-15(18)7-12/h3-6,18-19,21-23H,2,7-16H2,1H3;3-6,16-17,19,21-22H,2,7-15H2,1H3;1-4,14-15,17,19-20H,5-13H2,(H,24,25);11-15H,1-10H2,(H,19,20). The molecule has 0 unspecified atom stereocenters. The van der Waals surface area contributed by atoms with E-state index in [-0.39, 0.29) is 24.3 Å². The van der Waals surface area contributed by atoms with Crippen LogP contribution in [0.2, 0.25) is 0 Å². The van der Waals surface area contributed by atoms with Crippen LogP contribution in [-0.2, 0) is 83.5 Å². The number of carboxylic acids is 2. The third-order valence-electron chi connectivity index (χ3n) is 33.0. The summed E-state index contributed by atoms with van der Waals surface area (Å²) >= 11 is 0. The number of carboxylic acid groups (broad SMARTS) is 2. The largest absolute Gasteiger partial charge is 0.481 e. The third-order valence-corrected chi connectivity index (χ3v) is 33.0. The van der Waals surface area contributed by atoms with Gasteiger partial charge in [-0.1, -0.05) is 48.5 Å². The molecule has 0 atom stereocenters. The minimum atomic E-state index is -0.875. The highest BCUT2D eigenvalue weighted by Gasteiger charge is 2.72. The zero-order valence-corrected chi connectivity index (χ0v) is 66.0. The van der Waals surface area contributed by atoms with Crippen molar-refractivity contribution < 1.29 is 96.9 Å². The summed E-state index contributed by atoms with van der Waals surface area (Å²) in [6.45, 7) is 4.50. The van der Waals surface area contributed by atoms with Crippen LogP contribution in [0.3, 0.4) is 0 Å². The van der Waals surface area contributed by atoms with Gasteiger partial charge in [0, 0.05) is 105 Å². The average molecular weight is 1550 g/mol. The number of carbonyl (C=O) groups is 4. The molecule has 20 saturated carbocycles. The summed E-state index contributed by atoms with van der Waals surface area (Å²) in [6.07, 6.45) is 40.7. The Morgan fingerprint density at radius 2 is 0.607 bits per heavy atom. The Morgan fingerprint density at radius 1 is 0.339 bits per heavy atom. The number of ether oxygens (including phenoxy) is 6. The van der Waals surface area contributed by atoms with Gasteiger partial charge >= 0.3 is 23.9 Å². The van der Waals surface area contributed by atoms with Crippen LogP contribution in [0.4, 0.5) is 0 Å². The Bertz CT molecular complexity index is 3800. The van der Waals surface area contributed by atoms with Crippen LogP contribution in [0.15, 0.2) is 72.8 Å². The quantitative estimate of drug-likeness (QED) is 0.134. The predicted octanol–water partition coefficient (Wildman–Crippen LogP) is 19.0. The first-order valence-corrected chi connectivity index (χ1v) is 44.6. The number of aliphatic carboxylic acids is 1. The van der Waals surface area contributed by atoms with E-state index in [4.69, 9.17) is 77.7 Å². The smallest absolute Gasteiger partial charge is 0.338 e. The first-order chi connectivity index (χ1) is 54.3. The lowest BCUT2D eigenvalue weighted by Gasteiger charge is -2.57. The summed E-state index contributed by atoms with van der Waals surface area (Å²) in [4.78, 5) is 93.9.